The molecule has 2 rings (SSSR count). The highest BCUT2D eigenvalue weighted by atomic mass is 35.5. The van der Waals surface area contributed by atoms with E-state index in [0.29, 0.717) is 16.5 Å². The zero-order chi connectivity index (χ0) is 12.6. The van der Waals surface area contributed by atoms with Crippen LogP contribution < -0.4 is 0 Å². The fraction of sp³-hybridized carbons (Fsp3) is 0.182. The van der Waals surface area contributed by atoms with Crippen LogP contribution in [0.15, 0.2) is 24.4 Å². The monoisotopic (exact) mass is 252 g/mol. The lowest BCUT2D eigenvalue weighted by Gasteiger charge is -2.00. The molecule has 1 aromatic carbocycles. The Balaban J connectivity index is 2.67. The van der Waals surface area contributed by atoms with Gasteiger partial charge in [0.05, 0.1) is 10.3 Å². The van der Waals surface area contributed by atoms with Gasteiger partial charge in [-0.05, 0) is 6.92 Å². The molecule has 1 N–H and O–H groups in total. The number of nitro benzene ring substituents is 1. The minimum absolute atomic E-state index is 0.0521. The van der Waals surface area contributed by atoms with Gasteiger partial charge in [-0.2, -0.15) is 0 Å². The van der Waals surface area contributed by atoms with Crippen molar-refractivity contribution in [1.82, 2.24) is 4.98 Å². The third kappa shape index (κ3) is 1.89. The van der Waals surface area contributed by atoms with E-state index in [1.807, 2.05) is 0 Å². The number of ketones is 1. The first-order chi connectivity index (χ1) is 8.02. The van der Waals surface area contributed by atoms with Crippen LogP contribution >= 0.6 is 11.6 Å². The molecule has 0 fully saturated rings. The predicted molar refractivity (Wildman–Crippen MR) is 64.6 cm³/mol. The topological polar surface area (TPSA) is 76.0 Å². The molecule has 0 bridgehead atoms. The number of fused-ring (bicyclic) bond motifs is 1. The third-order valence-corrected chi connectivity index (χ3v) is 2.72. The van der Waals surface area contributed by atoms with Crippen molar-refractivity contribution in [1.29, 1.82) is 0 Å². The number of hydrogen-bond acceptors (Lipinski definition) is 3. The number of Topliss-reactive ketones (excluding diaryl/α,β-unsaturated/α-hetero) is 1. The molecule has 0 saturated carbocycles. The van der Waals surface area contributed by atoms with E-state index in [9.17, 15) is 14.9 Å². The van der Waals surface area contributed by atoms with E-state index in [0.717, 1.165) is 0 Å². The molecule has 2 aromatic rings. The number of hydrogen-bond donors (Lipinski definition) is 1. The van der Waals surface area contributed by atoms with Gasteiger partial charge in [0, 0.05) is 23.2 Å². The number of rotatable bonds is 3. The second-order valence-corrected chi connectivity index (χ2v) is 4.29. The minimum atomic E-state index is -0.659. The lowest BCUT2D eigenvalue weighted by atomic mass is 10.1. The summed E-state index contributed by atoms with van der Waals surface area (Å²) in [6.07, 6.45) is 1.46. The molecule has 6 heteroatoms. The molecule has 0 amide bonds. The first-order valence-electron chi connectivity index (χ1n) is 4.95. The van der Waals surface area contributed by atoms with Crippen molar-refractivity contribution in [2.75, 3.05) is 0 Å². The molecule has 0 spiro atoms. The average molecular weight is 253 g/mol. The van der Waals surface area contributed by atoms with Crippen molar-refractivity contribution in [3.05, 3.63) is 40.1 Å². The molecule has 5 nitrogen and oxygen atoms in total. The second kappa shape index (κ2) is 4.18. The summed E-state index contributed by atoms with van der Waals surface area (Å²) in [6, 6.07) is 4.59. The number of benzene rings is 1. The maximum atomic E-state index is 11.8. The van der Waals surface area contributed by atoms with E-state index in [1.54, 1.807) is 19.1 Å². The number of aromatic nitrogens is 1. The van der Waals surface area contributed by atoms with Gasteiger partial charge < -0.3 is 4.98 Å². The highest BCUT2D eigenvalue weighted by molar-refractivity contribution is 6.35. The fourth-order valence-electron chi connectivity index (χ4n) is 1.71. The van der Waals surface area contributed by atoms with Crippen LogP contribution in [0.1, 0.15) is 17.3 Å². The quantitative estimate of drug-likeness (QED) is 0.395. The number of carbonyl (C=O) groups excluding carboxylic acids is 1. The Kier molecular flexibility index (Phi) is 2.85. The van der Waals surface area contributed by atoms with Gasteiger partial charge in [-0.25, -0.2) is 0 Å². The van der Waals surface area contributed by atoms with E-state index >= 15 is 0 Å². The molecule has 1 aromatic heterocycles. The van der Waals surface area contributed by atoms with Crippen molar-refractivity contribution in [3.8, 4) is 0 Å². The normalized spacial score (nSPS) is 12.6. The molecule has 0 saturated heterocycles. The van der Waals surface area contributed by atoms with Gasteiger partial charge in [0.2, 0.25) is 0 Å². The smallest absolute Gasteiger partial charge is 0.293 e. The van der Waals surface area contributed by atoms with Crippen LogP contribution in [0.2, 0.25) is 0 Å². The highest BCUT2D eigenvalue weighted by Crippen LogP contribution is 2.28. The summed E-state index contributed by atoms with van der Waals surface area (Å²) in [7, 11) is 0. The zero-order valence-corrected chi connectivity index (χ0v) is 9.69. The van der Waals surface area contributed by atoms with Crippen LogP contribution in [-0.4, -0.2) is 21.1 Å². The molecule has 1 atom stereocenters. The maximum absolute atomic E-state index is 11.8. The van der Waals surface area contributed by atoms with Gasteiger partial charge in [0.15, 0.2) is 5.78 Å². The maximum Gasteiger partial charge on any atom is 0.293 e. The second-order valence-electron chi connectivity index (χ2n) is 3.64. The van der Waals surface area contributed by atoms with Crippen molar-refractivity contribution in [2.24, 2.45) is 0 Å². The van der Waals surface area contributed by atoms with Crippen molar-refractivity contribution >= 4 is 34.0 Å². The summed E-state index contributed by atoms with van der Waals surface area (Å²) in [6.45, 7) is 1.57. The lowest BCUT2D eigenvalue weighted by Crippen LogP contribution is -2.09. The van der Waals surface area contributed by atoms with Gasteiger partial charge in [-0.15, -0.1) is 11.6 Å². The Hall–Kier alpha value is -1.88. The number of halogens is 1. The van der Waals surface area contributed by atoms with Gasteiger partial charge in [0.1, 0.15) is 5.52 Å². The SMILES string of the molecule is CC(Cl)C(=O)c1c[nH]c2c([N+](=O)[O-])cccc12. The molecule has 88 valence electrons. The molecule has 0 radical (unpaired) electrons. The van der Waals surface area contributed by atoms with Crippen LogP contribution in [0.25, 0.3) is 10.9 Å². The average Bonchev–Trinajstić information content (AvgIpc) is 2.70. The third-order valence-electron chi connectivity index (χ3n) is 2.52. The van der Waals surface area contributed by atoms with Crippen LogP contribution in [0, 0.1) is 10.1 Å². The zero-order valence-electron chi connectivity index (χ0n) is 8.94. The Morgan fingerprint density at radius 3 is 2.82 bits per heavy atom. The number of nitrogens with one attached hydrogen (secondary N) is 1. The van der Waals surface area contributed by atoms with E-state index in [-0.39, 0.29) is 11.5 Å². The Bertz CT molecular complexity index is 604. The molecule has 17 heavy (non-hydrogen) atoms. The molecule has 0 aliphatic rings. The molecular formula is C11H9ClN2O3. The number of carbonyl (C=O) groups is 1. The fourth-order valence-corrected chi connectivity index (χ4v) is 1.83. The van der Waals surface area contributed by atoms with E-state index in [1.165, 1.54) is 12.3 Å². The predicted octanol–water partition coefficient (Wildman–Crippen LogP) is 2.89. The van der Waals surface area contributed by atoms with Crippen molar-refractivity contribution < 1.29 is 9.72 Å². The number of alkyl halides is 1. The Morgan fingerprint density at radius 1 is 1.53 bits per heavy atom. The van der Waals surface area contributed by atoms with E-state index in [2.05, 4.69) is 4.98 Å². The van der Waals surface area contributed by atoms with Gasteiger partial charge >= 0.3 is 0 Å². The number of non-ortho nitro benzene ring substituents is 1. The van der Waals surface area contributed by atoms with Crippen molar-refractivity contribution in [2.45, 2.75) is 12.3 Å². The number of para-hydroxylation sites is 1. The summed E-state index contributed by atoms with van der Waals surface area (Å²) in [5.74, 6) is -0.251. The van der Waals surface area contributed by atoms with Crippen LogP contribution in [0.4, 0.5) is 5.69 Å². The summed E-state index contributed by atoms with van der Waals surface area (Å²) in [4.78, 5) is 24.8. The summed E-state index contributed by atoms with van der Waals surface area (Å²) >= 11 is 5.73. The molecular weight excluding hydrogens is 244 g/mol. The van der Waals surface area contributed by atoms with Crippen LogP contribution in [0.3, 0.4) is 0 Å². The number of aromatic amines is 1. The number of nitrogens with zero attached hydrogens (tertiary/aromatic N) is 1. The number of H-pyrrole nitrogens is 1. The molecule has 1 unspecified atom stereocenters. The molecule has 0 aliphatic carbocycles. The Morgan fingerprint density at radius 2 is 2.24 bits per heavy atom. The van der Waals surface area contributed by atoms with Gasteiger partial charge in [0.25, 0.3) is 5.69 Å². The van der Waals surface area contributed by atoms with Crippen LogP contribution in [-0.2, 0) is 0 Å². The van der Waals surface area contributed by atoms with Gasteiger partial charge in [-0.3, -0.25) is 14.9 Å². The molecule has 1 heterocycles. The summed E-state index contributed by atoms with van der Waals surface area (Å²) in [5, 5.41) is 10.7. The first-order valence-corrected chi connectivity index (χ1v) is 5.38. The first kappa shape index (κ1) is 11.6. The number of nitro groups is 1. The van der Waals surface area contributed by atoms with Gasteiger partial charge in [-0.1, -0.05) is 12.1 Å². The minimum Gasteiger partial charge on any atom is -0.355 e. The lowest BCUT2D eigenvalue weighted by molar-refractivity contribution is -0.383. The standard InChI is InChI=1S/C11H9ClN2O3/c1-6(12)11(15)8-5-13-10-7(8)3-2-4-9(10)14(16)17/h2-6,13H,1H3. The largest absolute Gasteiger partial charge is 0.355 e. The summed E-state index contributed by atoms with van der Waals surface area (Å²) < 4.78 is 0. The van der Waals surface area contributed by atoms with E-state index in [4.69, 9.17) is 11.6 Å². The van der Waals surface area contributed by atoms with Crippen LogP contribution in [0.5, 0.6) is 0 Å². The Labute approximate surface area is 102 Å². The van der Waals surface area contributed by atoms with Crippen molar-refractivity contribution in [3.63, 3.8) is 0 Å². The highest BCUT2D eigenvalue weighted by Gasteiger charge is 2.20. The summed E-state index contributed by atoms with van der Waals surface area (Å²) in [5.41, 5.74) is 0.674. The molecule has 0 aliphatic heterocycles. The van der Waals surface area contributed by atoms with E-state index < -0.39 is 10.3 Å².